The molecule has 1 fully saturated rings. The molecule has 1 aromatic heterocycles. The zero-order valence-electron chi connectivity index (χ0n) is 20.0. The number of rotatable bonds is 11. The number of benzene rings is 1. The number of nitrogens with zero attached hydrogens (tertiary/aromatic N) is 2. The maximum atomic E-state index is 12.3. The van der Waals surface area contributed by atoms with Crippen LogP contribution in [0.15, 0.2) is 24.3 Å². The predicted octanol–water partition coefficient (Wildman–Crippen LogP) is 4.15. The highest BCUT2D eigenvalue weighted by molar-refractivity contribution is 6.30. The SMILES string of the molecule is CC(=O)NCCNc1nc(-c2ccc(Cl)cc2)nc(NCCNC(=O)CC2CCCCC2)c1C. The van der Waals surface area contributed by atoms with Crippen LogP contribution in [0.4, 0.5) is 11.6 Å². The van der Waals surface area contributed by atoms with Crippen molar-refractivity contribution in [1.82, 2.24) is 20.6 Å². The maximum absolute atomic E-state index is 12.3. The van der Waals surface area contributed by atoms with Crippen LogP contribution in [0.2, 0.25) is 5.02 Å². The molecule has 4 N–H and O–H groups in total. The van der Waals surface area contributed by atoms with Crippen LogP contribution in [-0.4, -0.2) is 48.0 Å². The summed E-state index contributed by atoms with van der Waals surface area (Å²) in [7, 11) is 0. The molecule has 0 bridgehead atoms. The number of carbonyl (C=O) groups excluding carboxylic acids is 2. The van der Waals surface area contributed by atoms with Crippen LogP contribution in [0.1, 0.15) is 51.0 Å². The first-order valence-corrected chi connectivity index (χ1v) is 12.4. The zero-order valence-corrected chi connectivity index (χ0v) is 20.8. The van der Waals surface area contributed by atoms with Crippen LogP contribution in [0.5, 0.6) is 0 Å². The lowest BCUT2D eigenvalue weighted by molar-refractivity contribution is -0.122. The molecule has 34 heavy (non-hydrogen) atoms. The van der Waals surface area contributed by atoms with E-state index in [0.29, 0.717) is 61.0 Å². The lowest BCUT2D eigenvalue weighted by atomic mass is 9.87. The van der Waals surface area contributed by atoms with Gasteiger partial charge in [0.05, 0.1) is 0 Å². The van der Waals surface area contributed by atoms with Crippen molar-refractivity contribution in [3.63, 3.8) is 0 Å². The van der Waals surface area contributed by atoms with E-state index in [2.05, 4.69) is 26.3 Å². The number of halogens is 1. The summed E-state index contributed by atoms with van der Waals surface area (Å²) in [5, 5.41) is 13.1. The Hall–Kier alpha value is -2.87. The predicted molar refractivity (Wildman–Crippen MR) is 137 cm³/mol. The first-order chi connectivity index (χ1) is 16.4. The van der Waals surface area contributed by atoms with Crippen LogP contribution in [0, 0.1) is 12.8 Å². The molecule has 8 nitrogen and oxygen atoms in total. The van der Waals surface area contributed by atoms with Gasteiger partial charge in [-0.15, -0.1) is 0 Å². The van der Waals surface area contributed by atoms with Crippen molar-refractivity contribution in [3.05, 3.63) is 34.9 Å². The quantitative estimate of drug-likeness (QED) is 0.355. The highest BCUT2D eigenvalue weighted by atomic mass is 35.5. The fourth-order valence-corrected chi connectivity index (χ4v) is 4.24. The normalized spacial score (nSPS) is 13.9. The third-order valence-corrected chi connectivity index (χ3v) is 6.23. The van der Waals surface area contributed by atoms with Gasteiger partial charge in [0.2, 0.25) is 11.8 Å². The van der Waals surface area contributed by atoms with Gasteiger partial charge >= 0.3 is 0 Å². The van der Waals surface area contributed by atoms with Crippen LogP contribution in [0.25, 0.3) is 11.4 Å². The number of nitrogens with one attached hydrogen (secondary N) is 4. The van der Waals surface area contributed by atoms with E-state index in [1.54, 1.807) is 12.1 Å². The molecule has 0 radical (unpaired) electrons. The lowest BCUT2D eigenvalue weighted by Crippen LogP contribution is -2.31. The molecular formula is C25H35ClN6O2. The fourth-order valence-electron chi connectivity index (χ4n) is 4.12. The van der Waals surface area contributed by atoms with Gasteiger partial charge in [0.25, 0.3) is 0 Å². The highest BCUT2D eigenvalue weighted by Crippen LogP contribution is 2.27. The van der Waals surface area contributed by atoms with Gasteiger partial charge in [-0.2, -0.15) is 0 Å². The number of amides is 2. The standard InChI is InChI=1S/C25H35ClN6O2/c1-17-23(29-14-12-27-18(2)33)31-25(20-8-10-21(26)11-9-20)32-24(17)30-15-13-28-22(34)16-19-6-4-3-5-7-19/h8-11,19H,3-7,12-16H2,1-2H3,(H,27,33)(H,28,34)(H2,29,30,31,32). The van der Waals surface area contributed by atoms with Crippen molar-refractivity contribution in [2.75, 3.05) is 36.8 Å². The molecule has 2 amide bonds. The summed E-state index contributed by atoms with van der Waals surface area (Å²) >= 11 is 6.03. The molecule has 2 aromatic rings. The number of hydrogen-bond acceptors (Lipinski definition) is 6. The first kappa shape index (κ1) is 25.7. The summed E-state index contributed by atoms with van der Waals surface area (Å²) in [4.78, 5) is 32.8. The van der Waals surface area contributed by atoms with Gasteiger partial charge in [0.15, 0.2) is 5.82 Å². The Kier molecular flexibility index (Phi) is 9.94. The van der Waals surface area contributed by atoms with Gasteiger partial charge < -0.3 is 21.3 Å². The number of carbonyl (C=O) groups is 2. The van der Waals surface area contributed by atoms with E-state index in [4.69, 9.17) is 16.6 Å². The third kappa shape index (κ3) is 8.17. The summed E-state index contributed by atoms with van der Waals surface area (Å²) in [6.45, 7) is 5.54. The van der Waals surface area contributed by atoms with Gasteiger partial charge in [-0.05, 0) is 49.9 Å². The molecule has 9 heteroatoms. The summed E-state index contributed by atoms with van der Waals surface area (Å²) in [5.74, 6) is 2.52. The van der Waals surface area contributed by atoms with Gasteiger partial charge in [0.1, 0.15) is 11.6 Å². The summed E-state index contributed by atoms with van der Waals surface area (Å²) in [5.41, 5.74) is 1.72. The van der Waals surface area contributed by atoms with Crippen molar-refractivity contribution in [1.29, 1.82) is 0 Å². The lowest BCUT2D eigenvalue weighted by Gasteiger charge is -2.21. The molecule has 3 rings (SSSR count). The van der Waals surface area contributed by atoms with Crippen molar-refractivity contribution < 1.29 is 9.59 Å². The van der Waals surface area contributed by atoms with E-state index < -0.39 is 0 Å². The monoisotopic (exact) mass is 486 g/mol. The van der Waals surface area contributed by atoms with E-state index >= 15 is 0 Å². The van der Waals surface area contributed by atoms with Crippen molar-refractivity contribution in [2.45, 2.75) is 52.4 Å². The smallest absolute Gasteiger partial charge is 0.220 e. The highest BCUT2D eigenvalue weighted by Gasteiger charge is 2.17. The molecule has 0 spiro atoms. The van der Waals surface area contributed by atoms with E-state index in [1.165, 1.54) is 26.2 Å². The molecule has 0 aliphatic heterocycles. The molecule has 1 aliphatic carbocycles. The van der Waals surface area contributed by atoms with Crippen molar-refractivity contribution >= 4 is 35.1 Å². The minimum atomic E-state index is -0.0732. The Labute approximate surface area is 206 Å². The van der Waals surface area contributed by atoms with Gasteiger partial charge in [0, 0.05) is 55.7 Å². The Bertz CT molecular complexity index is 961. The minimum Gasteiger partial charge on any atom is -0.368 e. The Morgan fingerprint density at radius 3 is 2.09 bits per heavy atom. The first-order valence-electron chi connectivity index (χ1n) is 12.1. The molecular weight excluding hydrogens is 452 g/mol. The summed E-state index contributed by atoms with van der Waals surface area (Å²) in [6.07, 6.45) is 6.72. The second-order valence-corrected chi connectivity index (χ2v) is 9.21. The average Bonchev–Trinajstić information content (AvgIpc) is 2.82. The molecule has 1 aliphatic rings. The summed E-state index contributed by atoms with van der Waals surface area (Å²) < 4.78 is 0. The molecule has 184 valence electrons. The maximum Gasteiger partial charge on any atom is 0.220 e. The third-order valence-electron chi connectivity index (χ3n) is 5.98. The average molecular weight is 487 g/mol. The van der Waals surface area contributed by atoms with E-state index in [9.17, 15) is 9.59 Å². The second-order valence-electron chi connectivity index (χ2n) is 8.77. The molecule has 1 aromatic carbocycles. The molecule has 0 saturated heterocycles. The molecule has 1 saturated carbocycles. The van der Waals surface area contributed by atoms with Gasteiger partial charge in [-0.3, -0.25) is 9.59 Å². The molecule has 0 atom stereocenters. The van der Waals surface area contributed by atoms with E-state index in [1.807, 2.05) is 19.1 Å². The fraction of sp³-hybridized carbons (Fsp3) is 0.520. The van der Waals surface area contributed by atoms with Crippen LogP contribution in [0.3, 0.4) is 0 Å². The molecule has 0 unspecified atom stereocenters. The van der Waals surface area contributed by atoms with Crippen molar-refractivity contribution in [2.24, 2.45) is 5.92 Å². The van der Waals surface area contributed by atoms with Gasteiger partial charge in [-0.25, -0.2) is 9.97 Å². The topological polar surface area (TPSA) is 108 Å². The minimum absolute atomic E-state index is 0.0732. The Morgan fingerprint density at radius 2 is 1.50 bits per heavy atom. The molecule has 1 heterocycles. The number of aromatic nitrogens is 2. The van der Waals surface area contributed by atoms with Crippen molar-refractivity contribution in [3.8, 4) is 11.4 Å². The largest absolute Gasteiger partial charge is 0.368 e. The number of anilines is 2. The zero-order chi connectivity index (χ0) is 24.3. The Balaban J connectivity index is 1.62. The van der Waals surface area contributed by atoms with Crippen LogP contribution >= 0.6 is 11.6 Å². The van der Waals surface area contributed by atoms with Crippen LogP contribution in [-0.2, 0) is 9.59 Å². The van der Waals surface area contributed by atoms with E-state index in [-0.39, 0.29) is 11.8 Å². The van der Waals surface area contributed by atoms with Crippen LogP contribution < -0.4 is 21.3 Å². The van der Waals surface area contributed by atoms with E-state index in [0.717, 1.165) is 24.0 Å². The van der Waals surface area contributed by atoms with Gasteiger partial charge in [-0.1, -0.05) is 30.9 Å². The second kappa shape index (κ2) is 13.1. The number of hydrogen-bond donors (Lipinski definition) is 4. The summed E-state index contributed by atoms with van der Waals surface area (Å²) in [6, 6.07) is 7.37. The Morgan fingerprint density at radius 1 is 0.912 bits per heavy atom.